The molecule has 0 amide bonds. The van der Waals surface area contributed by atoms with E-state index in [1.807, 2.05) is 0 Å². The fourth-order valence-corrected chi connectivity index (χ4v) is 7.27. The van der Waals surface area contributed by atoms with E-state index >= 15 is 0 Å². The van der Waals surface area contributed by atoms with Gasteiger partial charge in [-0.1, -0.05) is 152 Å². The van der Waals surface area contributed by atoms with Crippen LogP contribution in [0.4, 0.5) is 17.1 Å². The zero-order valence-electron chi connectivity index (χ0n) is 25.8. The molecule has 9 aromatic rings. The third-order valence-corrected chi connectivity index (χ3v) is 9.41. The van der Waals surface area contributed by atoms with Crippen LogP contribution in [0.25, 0.3) is 65.3 Å². The van der Waals surface area contributed by atoms with Crippen molar-refractivity contribution in [3.05, 3.63) is 188 Å². The van der Waals surface area contributed by atoms with Crippen molar-refractivity contribution in [3.8, 4) is 22.3 Å². The van der Waals surface area contributed by atoms with E-state index in [0.29, 0.717) is 0 Å². The van der Waals surface area contributed by atoms with Gasteiger partial charge in [-0.2, -0.15) is 0 Å². The molecule has 9 aromatic carbocycles. The molecule has 0 saturated heterocycles. The number of para-hydroxylation sites is 1. The third-order valence-electron chi connectivity index (χ3n) is 9.41. The predicted molar refractivity (Wildman–Crippen MR) is 202 cm³/mol. The van der Waals surface area contributed by atoms with Crippen molar-refractivity contribution < 1.29 is 0 Å². The van der Waals surface area contributed by atoms with Crippen LogP contribution in [0.1, 0.15) is 0 Å². The van der Waals surface area contributed by atoms with Gasteiger partial charge in [0.05, 0.1) is 5.69 Å². The normalized spacial score (nSPS) is 11.4. The van der Waals surface area contributed by atoms with Crippen LogP contribution in [-0.4, -0.2) is 0 Å². The summed E-state index contributed by atoms with van der Waals surface area (Å²) in [5.74, 6) is 0. The van der Waals surface area contributed by atoms with E-state index in [0.717, 1.165) is 17.1 Å². The molecule has 0 aromatic heterocycles. The van der Waals surface area contributed by atoms with E-state index in [1.165, 1.54) is 65.3 Å². The van der Waals surface area contributed by atoms with Crippen molar-refractivity contribution in [3.63, 3.8) is 0 Å². The van der Waals surface area contributed by atoms with E-state index in [4.69, 9.17) is 0 Å². The molecule has 0 spiro atoms. The summed E-state index contributed by atoms with van der Waals surface area (Å²) in [7, 11) is 0. The van der Waals surface area contributed by atoms with Crippen molar-refractivity contribution in [1.29, 1.82) is 0 Å². The maximum Gasteiger partial charge on any atom is 0.0546 e. The molecule has 0 radical (unpaired) electrons. The number of nitrogens with zero attached hydrogens (tertiary/aromatic N) is 1. The van der Waals surface area contributed by atoms with Crippen LogP contribution in [-0.2, 0) is 0 Å². The maximum absolute atomic E-state index is 2.41. The Morgan fingerprint density at radius 1 is 0.298 bits per heavy atom. The second-order valence-corrected chi connectivity index (χ2v) is 12.1. The first-order valence-electron chi connectivity index (χ1n) is 16.2. The Hall–Kier alpha value is -6.18. The summed E-state index contributed by atoms with van der Waals surface area (Å²) >= 11 is 0. The standard InChI is InChI=1S/C46H31N/c1-3-14-32(15-4-1)33-26-28-37(29-27-33)47(36-18-5-2-6-19-36)45-31-35-30-44(39-25-13-17-34-16-7-8-20-38(34)39)40-21-9-11-23-42(40)46(35)43-24-12-10-22-41(43)45/h1-31H. The van der Waals surface area contributed by atoms with Crippen molar-refractivity contribution in [1.82, 2.24) is 0 Å². The van der Waals surface area contributed by atoms with Gasteiger partial charge in [0.15, 0.2) is 0 Å². The molecular formula is C46H31N. The minimum absolute atomic E-state index is 1.12. The molecule has 1 nitrogen and oxygen atoms in total. The molecule has 0 N–H and O–H groups in total. The fourth-order valence-electron chi connectivity index (χ4n) is 7.27. The van der Waals surface area contributed by atoms with Crippen LogP contribution >= 0.6 is 0 Å². The number of fused-ring (bicyclic) bond motifs is 6. The first kappa shape index (κ1) is 27.2. The average Bonchev–Trinajstić information content (AvgIpc) is 3.15. The van der Waals surface area contributed by atoms with Gasteiger partial charge in [0.25, 0.3) is 0 Å². The van der Waals surface area contributed by atoms with Crippen molar-refractivity contribution in [2.75, 3.05) is 4.90 Å². The van der Waals surface area contributed by atoms with Gasteiger partial charge >= 0.3 is 0 Å². The SMILES string of the molecule is c1ccc(-c2ccc(N(c3ccccc3)c3cc4cc(-c5cccc6ccccc56)c5ccccc5c4c4ccccc34)cc2)cc1. The fraction of sp³-hybridized carbons (Fsp3) is 0. The second-order valence-electron chi connectivity index (χ2n) is 12.1. The van der Waals surface area contributed by atoms with Crippen LogP contribution in [0.3, 0.4) is 0 Å². The molecule has 0 unspecified atom stereocenters. The number of anilines is 3. The highest BCUT2D eigenvalue weighted by molar-refractivity contribution is 6.26. The first-order valence-corrected chi connectivity index (χ1v) is 16.2. The second kappa shape index (κ2) is 11.3. The Morgan fingerprint density at radius 2 is 0.830 bits per heavy atom. The summed E-state index contributed by atoms with van der Waals surface area (Å²) in [4.78, 5) is 2.41. The predicted octanol–water partition coefficient (Wildman–Crippen LogP) is 13.1. The summed E-state index contributed by atoms with van der Waals surface area (Å²) in [5, 5.41) is 10.0. The molecular weight excluding hydrogens is 567 g/mol. The van der Waals surface area contributed by atoms with E-state index in [9.17, 15) is 0 Å². The van der Waals surface area contributed by atoms with Crippen LogP contribution in [0.5, 0.6) is 0 Å². The van der Waals surface area contributed by atoms with E-state index in [1.54, 1.807) is 0 Å². The van der Waals surface area contributed by atoms with Gasteiger partial charge in [-0.3, -0.25) is 0 Å². The molecule has 0 heterocycles. The lowest BCUT2D eigenvalue weighted by molar-refractivity contribution is 1.30. The van der Waals surface area contributed by atoms with Crippen molar-refractivity contribution in [2.45, 2.75) is 0 Å². The summed E-state index contributed by atoms with van der Waals surface area (Å²) in [5.41, 5.74) is 8.34. The average molecular weight is 598 g/mol. The molecule has 0 atom stereocenters. The molecule has 0 fully saturated rings. The molecule has 0 aliphatic heterocycles. The minimum Gasteiger partial charge on any atom is -0.310 e. The van der Waals surface area contributed by atoms with Crippen LogP contribution in [0, 0.1) is 0 Å². The smallest absolute Gasteiger partial charge is 0.0546 e. The quantitative estimate of drug-likeness (QED) is 0.178. The first-order chi connectivity index (χ1) is 23.3. The maximum atomic E-state index is 2.41. The lowest BCUT2D eigenvalue weighted by Gasteiger charge is -2.28. The highest BCUT2D eigenvalue weighted by atomic mass is 15.1. The van der Waals surface area contributed by atoms with Gasteiger partial charge in [0.1, 0.15) is 0 Å². The zero-order valence-corrected chi connectivity index (χ0v) is 25.8. The van der Waals surface area contributed by atoms with Gasteiger partial charge in [-0.25, -0.2) is 0 Å². The Kier molecular flexibility index (Phi) is 6.54. The van der Waals surface area contributed by atoms with Gasteiger partial charge in [0, 0.05) is 16.8 Å². The van der Waals surface area contributed by atoms with E-state index in [-0.39, 0.29) is 0 Å². The monoisotopic (exact) mass is 597 g/mol. The largest absolute Gasteiger partial charge is 0.310 e. The molecule has 0 saturated carbocycles. The Labute approximate surface area is 274 Å². The van der Waals surface area contributed by atoms with Crippen LogP contribution < -0.4 is 4.90 Å². The van der Waals surface area contributed by atoms with E-state index in [2.05, 4.69) is 193 Å². The molecule has 47 heavy (non-hydrogen) atoms. The lowest BCUT2D eigenvalue weighted by Crippen LogP contribution is -2.10. The Morgan fingerprint density at radius 3 is 1.57 bits per heavy atom. The van der Waals surface area contributed by atoms with Gasteiger partial charge in [0.2, 0.25) is 0 Å². The highest BCUT2D eigenvalue weighted by Gasteiger charge is 2.20. The molecule has 220 valence electrons. The van der Waals surface area contributed by atoms with Gasteiger partial charge < -0.3 is 4.90 Å². The lowest BCUT2D eigenvalue weighted by atomic mass is 9.88. The van der Waals surface area contributed by atoms with E-state index < -0.39 is 0 Å². The number of hydrogen-bond acceptors (Lipinski definition) is 1. The third kappa shape index (κ3) is 4.64. The van der Waals surface area contributed by atoms with Crippen molar-refractivity contribution >= 4 is 60.2 Å². The number of hydrogen-bond donors (Lipinski definition) is 0. The van der Waals surface area contributed by atoms with Crippen LogP contribution in [0.15, 0.2) is 188 Å². The van der Waals surface area contributed by atoms with Gasteiger partial charge in [-0.05, 0) is 96.4 Å². The summed E-state index contributed by atoms with van der Waals surface area (Å²) < 4.78 is 0. The topological polar surface area (TPSA) is 3.24 Å². The number of rotatable bonds is 5. The molecule has 0 aliphatic carbocycles. The Balaban J connectivity index is 1.34. The highest BCUT2D eigenvalue weighted by Crippen LogP contribution is 2.46. The molecule has 0 bridgehead atoms. The van der Waals surface area contributed by atoms with Crippen LogP contribution in [0.2, 0.25) is 0 Å². The molecule has 9 rings (SSSR count). The minimum atomic E-state index is 1.12. The zero-order chi connectivity index (χ0) is 31.2. The molecule has 0 aliphatic rings. The van der Waals surface area contributed by atoms with Crippen molar-refractivity contribution in [2.24, 2.45) is 0 Å². The number of benzene rings is 9. The summed E-state index contributed by atoms with van der Waals surface area (Å²) in [6.07, 6.45) is 0. The Bertz CT molecular complexity index is 2540. The van der Waals surface area contributed by atoms with Gasteiger partial charge in [-0.15, -0.1) is 0 Å². The summed E-state index contributed by atoms with van der Waals surface area (Å²) in [6.45, 7) is 0. The molecule has 1 heteroatoms. The summed E-state index contributed by atoms with van der Waals surface area (Å²) in [6, 6.07) is 68.2.